The number of benzene rings is 1. The smallest absolute Gasteiger partial charge is 0.185 e. The van der Waals surface area contributed by atoms with Gasteiger partial charge in [0.25, 0.3) is 0 Å². The minimum atomic E-state index is 0.0359. The monoisotopic (exact) mass is 478 g/mol. The number of nitrogens with one attached hydrogen (secondary N) is 1. The summed E-state index contributed by atoms with van der Waals surface area (Å²) in [6.45, 7) is 0. The molecule has 8 nitrogen and oxygen atoms in total. The molecule has 4 aromatic rings. The molecule has 1 fully saturated rings. The van der Waals surface area contributed by atoms with Crippen molar-refractivity contribution in [2.45, 2.75) is 38.2 Å². The van der Waals surface area contributed by atoms with Crippen LogP contribution in [0.4, 0.5) is 10.9 Å². The number of furan rings is 1. The van der Waals surface area contributed by atoms with Gasteiger partial charge >= 0.3 is 0 Å². The van der Waals surface area contributed by atoms with Crippen molar-refractivity contribution in [3.8, 4) is 11.3 Å². The molecule has 0 bridgehead atoms. The highest BCUT2D eigenvalue weighted by Gasteiger charge is 2.18. The van der Waals surface area contributed by atoms with Gasteiger partial charge in [0.05, 0.1) is 16.3 Å². The zero-order chi connectivity index (χ0) is 24.2. The molecule has 3 aromatic heterocycles. The van der Waals surface area contributed by atoms with Crippen LogP contribution < -0.4 is 16.4 Å². The van der Waals surface area contributed by atoms with Gasteiger partial charge in [-0.05, 0) is 31.0 Å². The van der Waals surface area contributed by atoms with Gasteiger partial charge in [0, 0.05) is 54.8 Å². The van der Waals surface area contributed by atoms with Gasteiger partial charge in [0.15, 0.2) is 16.5 Å². The third kappa shape index (κ3) is 4.76. The molecule has 0 saturated heterocycles. The first kappa shape index (κ1) is 23.7. The molecule has 0 spiro atoms. The van der Waals surface area contributed by atoms with Gasteiger partial charge < -0.3 is 31.3 Å². The van der Waals surface area contributed by atoms with Gasteiger partial charge in [-0.3, -0.25) is 0 Å². The van der Waals surface area contributed by atoms with Gasteiger partial charge in [0.2, 0.25) is 0 Å². The van der Waals surface area contributed by atoms with Crippen molar-refractivity contribution in [2.75, 3.05) is 24.7 Å². The Labute approximate surface area is 202 Å². The number of thiazole rings is 1. The van der Waals surface area contributed by atoms with Crippen molar-refractivity contribution in [2.24, 2.45) is 5.73 Å². The van der Waals surface area contributed by atoms with Crippen molar-refractivity contribution < 1.29 is 9.52 Å². The van der Waals surface area contributed by atoms with Crippen LogP contribution in [0.5, 0.6) is 0 Å². The van der Waals surface area contributed by atoms with Crippen LogP contribution in [0.1, 0.15) is 37.7 Å². The van der Waals surface area contributed by atoms with Crippen LogP contribution in [0.25, 0.3) is 38.1 Å². The third-order valence-corrected chi connectivity index (χ3v) is 7.13. The molecule has 6 N–H and O–H groups in total. The zero-order valence-electron chi connectivity index (χ0n) is 19.4. The van der Waals surface area contributed by atoms with Crippen molar-refractivity contribution in [1.29, 1.82) is 5.41 Å². The van der Waals surface area contributed by atoms with E-state index in [-0.39, 0.29) is 6.10 Å². The van der Waals surface area contributed by atoms with Crippen molar-refractivity contribution in [3.63, 3.8) is 0 Å². The highest BCUT2D eigenvalue weighted by Crippen LogP contribution is 2.40. The van der Waals surface area contributed by atoms with E-state index in [1.807, 2.05) is 43.3 Å². The first-order valence-electron chi connectivity index (χ1n) is 11.3. The molecule has 0 radical (unpaired) electrons. The molecular formula is C25H30N6O2S. The summed E-state index contributed by atoms with van der Waals surface area (Å²) in [5.41, 5.74) is 15.3. The van der Waals surface area contributed by atoms with E-state index < -0.39 is 0 Å². The summed E-state index contributed by atoms with van der Waals surface area (Å²) in [6, 6.07) is 7.85. The van der Waals surface area contributed by atoms with Gasteiger partial charge in [0.1, 0.15) is 5.76 Å². The second kappa shape index (κ2) is 10.2. The molecular weight excluding hydrogens is 448 g/mol. The zero-order valence-corrected chi connectivity index (χ0v) is 20.2. The number of pyridine rings is 1. The Balaban J connectivity index is 0.000000336. The van der Waals surface area contributed by atoms with Gasteiger partial charge in [-0.15, -0.1) is 0 Å². The Morgan fingerprint density at radius 3 is 2.65 bits per heavy atom. The van der Waals surface area contributed by atoms with Gasteiger partial charge in [-0.25, -0.2) is 9.97 Å². The number of anilines is 2. The van der Waals surface area contributed by atoms with Crippen LogP contribution >= 0.6 is 11.3 Å². The number of hydrogen-bond acceptors (Lipinski definition) is 9. The van der Waals surface area contributed by atoms with E-state index in [1.54, 1.807) is 17.5 Å². The second-order valence-electron chi connectivity index (χ2n) is 8.51. The lowest BCUT2D eigenvalue weighted by Gasteiger charge is -2.14. The molecule has 1 aliphatic carbocycles. The van der Waals surface area contributed by atoms with E-state index in [4.69, 9.17) is 26.4 Å². The maximum atomic E-state index is 8.91. The molecule has 34 heavy (non-hydrogen) atoms. The molecule has 5 rings (SSSR count). The van der Waals surface area contributed by atoms with Gasteiger partial charge in [-0.2, -0.15) is 0 Å². The lowest BCUT2D eigenvalue weighted by molar-refractivity contribution is 0.130. The number of rotatable bonds is 4. The lowest BCUT2D eigenvalue weighted by atomic mass is 9.98. The highest BCUT2D eigenvalue weighted by atomic mass is 32.1. The van der Waals surface area contributed by atoms with E-state index in [9.17, 15) is 0 Å². The molecule has 0 amide bonds. The Morgan fingerprint density at radius 2 is 2.03 bits per heavy atom. The SMILES string of the molecule is CN(C)c1nc2cccc(-c3cc4c(/C(C=N)=C/N)cnc(N)c4o3)c2s1.OC1CCCCC1. The molecule has 0 atom stereocenters. The van der Waals surface area contributed by atoms with Crippen LogP contribution in [0.15, 0.2) is 41.1 Å². The van der Waals surface area contributed by atoms with Crippen LogP contribution in [-0.2, 0) is 0 Å². The maximum absolute atomic E-state index is 8.91. The molecule has 3 heterocycles. The quantitative estimate of drug-likeness (QED) is 0.302. The van der Waals surface area contributed by atoms with E-state index in [1.165, 1.54) is 31.7 Å². The molecule has 0 aliphatic heterocycles. The predicted molar refractivity (Wildman–Crippen MR) is 141 cm³/mol. The summed E-state index contributed by atoms with van der Waals surface area (Å²) in [4.78, 5) is 10.8. The van der Waals surface area contributed by atoms with Crippen molar-refractivity contribution in [1.82, 2.24) is 9.97 Å². The lowest BCUT2D eigenvalue weighted by Crippen LogP contribution is -2.09. The Hall–Kier alpha value is -3.43. The van der Waals surface area contributed by atoms with Crippen LogP contribution in [0, 0.1) is 5.41 Å². The number of fused-ring (bicyclic) bond motifs is 2. The first-order valence-corrected chi connectivity index (χ1v) is 12.1. The number of nitrogens with zero attached hydrogens (tertiary/aromatic N) is 3. The molecule has 1 aromatic carbocycles. The van der Waals surface area contributed by atoms with Gasteiger partial charge in [-0.1, -0.05) is 36.7 Å². The van der Waals surface area contributed by atoms with E-state index in [0.717, 1.165) is 39.1 Å². The fourth-order valence-corrected chi connectivity index (χ4v) is 5.03. The number of aliphatic hydroxyl groups excluding tert-OH is 1. The summed E-state index contributed by atoms with van der Waals surface area (Å²) < 4.78 is 7.11. The summed E-state index contributed by atoms with van der Waals surface area (Å²) in [5.74, 6) is 0.971. The molecule has 0 unspecified atom stereocenters. The van der Waals surface area contributed by atoms with Crippen molar-refractivity contribution in [3.05, 3.63) is 42.2 Å². The minimum Gasteiger partial charge on any atom is -0.452 e. The standard InChI is InChI=1S/C19H18N6OS.C6H12O/c1-25(2)19-24-14-5-3-4-11(17(14)27-19)15-6-12-13(10(7-20)8-21)9-23-18(22)16(12)26-15;7-6-4-2-1-3-5-6/h3-9,20H,21H2,1-2H3,(H2,22,23);6-7H,1-5H2/b10-8+,20-7?;. The molecule has 1 saturated carbocycles. The molecule has 1 aliphatic rings. The number of allylic oxidation sites excluding steroid dienone is 1. The Morgan fingerprint density at radius 1 is 1.26 bits per heavy atom. The van der Waals surface area contributed by atoms with Crippen LogP contribution in [0.2, 0.25) is 0 Å². The average molecular weight is 479 g/mol. The second-order valence-corrected chi connectivity index (χ2v) is 9.49. The third-order valence-electron chi connectivity index (χ3n) is 5.86. The Bertz CT molecular complexity index is 1330. The number of nitrogens with two attached hydrogens (primary N) is 2. The van der Waals surface area contributed by atoms with E-state index in [0.29, 0.717) is 28.3 Å². The molecule has 178 valence electrons. The summed E-state index contributed by atoms with van der Waals surface area (Å²) >= 11 is 1.60. The maximum Gasteiger partial charge on any atom is 0.185 e. The van der Waals surface area contributed by atoms with E-state index in [2.05, 4.69) is 9.97 Å². The average Bonchev–Trinajstić information content (AvgIpc) is 3.48. The van der Waals surface area contributed by atoms with Crippen LogP contribution in [-0.4, -0.2) is 41.5 Å². The summed E-state index contributed by atoms with van der Waals surface area (Å²) in [7, 11) is 3.94. The minimum absolute atomic E-state index is 0.0359. The molecule has 9 heteroatoms. The number of aromatic nitrogens is 2. The highest BCUT2D eigenvalue weighted by molar-refractivity contribution is 7.22. The normalized spacial score (nSPS) is 14.7. The fourth-order valence-electron chi connectivity index (χ4n) is 4.03. The first-order chi connectivity index (χ1) is 16.4. The summed E-state index contributed by atoms with van der Waals surface area (Å²) in [6.07, 6.45) is 10.1. The number of hydrogen-bond donors (Lipinski definition) is 4. The fraction of sp³-hybridized carbons (Fsp3) is 0.320. The van der Waals surface area contributed by atoms with Crippen LogP contribution in [0.3, 0.4) is 0 Å². The topological polar surface area (TPSA) is 138 Å². The number of nitrogen functional groups attached to an aromatic ring is 1. The predicted octanol–water partition coefficient (Wildman–Crippen LogP) is 5.01. The number of aliphatic hydroxyl groups is 1. The largest absolute Gasteiger partial charge is 0.452 e. The Kier molecular flexibility index (Phi) is 7.14. The summed E-state index contributed by atoms with van der Waals surface area (Å²) in [5, 5.41) is 18.2. The van der Waals surface area contributed by atoms with E-state index >= 15 is 0 Å². The van der Waals surface area contributed by atoms with Crippen molar-refractivity contribution >= 4 is 55.3 Å².